The highest BCUT2D eigenvalue weighted by atomic mass is 16.6. The van der Waals surface area contributed by atoms with Crippen LogP contribution in [0.15, 0.2) is 35.5 Å². The third-order valence-electron chi connectivity index (χ3n) is 8.36. The van der Waals surface area contributed by atoms with Crippen molar-refractivity contribution in [3.63, 3.8) is 0 Å². The minimum absolute atomic E-state index is 0.0697. The van der Waals surface area contributed by atoms with Crippen molar-refractivity contribution in [1.29, 1.82) is 0 Å². The monoisotopic (exact) mass is 781 g/mol. The first-order chi connectivity index (χ1) is 26.6. The average Bonchev–Trinajstić information content (AvgIpc) is 3.54. The molecule has 2 aromatic rings. The second-order valence-electron chi connectivity index (χ2n) is 12.3. The van der Waals surface area contributed by atoms with Crippen molar-refractivity contribution in [1.82, 2.24) is 30.5 Å². The molecule has 0 fully saturated rings. The standard InChI is InChI=1S/C36H59N7O12/c1-28(35(47)40-49)42(4)34(46)10-13-50-15-17-52-19-21-54-23-24-55-22-20-53-18-16-51-14-11-38-36(48)31(27-44)39-33(45)9-12-43-30(26-41(3)37-2)25-29-7-5-6-8-32(29)43/h5-8,25,28,31,37,44H,9-24,26-27H2,1-4H3,(H,38,48)(H,39,45)/t28-,31-/m0/s1. The molecule has 0 saturated heterocycles. The molecule has 19 nitrogen and oxygen atoms in total. The maximum atomic E-state index is 12.7. The summed E-state index contributed by atoms with van der Waals surface area (Å²) in [6.45, 7) is 6.18. The molecule has 0 aliphatic rings. The van der Waals surface area contributed by atoms with Gasteiger partial charge in [-0.3, -0.25) is 24.6 Å². The zero-order chi connectivity index (χ0) is 40.3. The number of hydrogen-bond acceptors (Lipinski definition) is 14. The molecule has 0 saturated carbocycles. The minimum atomic E-state index is -1.07. The molecule has 0 bridgehead atoms. The number of para-hydroxylation sites is 1. The van der Waals surface area contributed by atoms with Gasteiger partial charge in [0, 0.05) is 50.0 Å². The van der Waals surface area contributed by atoms with E-state index in [2.05, 4.69) is 31.9 Å². The maximum Gasteiger partial charge on any atom is 0.308 e. The second kappa shape index (κ2) is 28.5. The van der Waals surface area contributed by atoms with Crippen LogP contribution in [0.4, 0.5) is 0 Å². The number of aliphatic hydroxyl groups excluding tert-OH is 1. The highest BCUT2D eigenvalue weighted by Crippen LogP contribution is 2.21. The number of benzene rings is 1. The SMILES string of the molecule is CNN(C)Cc1cc2ccccc2n1CCC(=O)N[C@@H](CO)C(=O)NCCOCCOCCOCCOCCOCCOCCC(=O)N(C)[C@@H](C)C(=O)N=O. The Morgan fingerprint density at radius 3 is 1.91 bits per heavy atom. The first-order valence-corrected chi connectivity index (χ1v) is 18.4. The number of aryl methyl sites for hydroxylation is 1. The normalized spacial score (nSPS) is 12.5. The van der Waals surface area contributed by atoms with Gasteiger partial charge >= 0.3 is 5.91 Å². The number of nitrogens with one attached hydrogen (secondary N) is 3. The third-order valence-corrected chi connectivity index (χ3v) is 8.36. The molecular weight excluding hydrogens is 722 g/mol. The van der Waals surface area contributed by atoms with E-state index in [9.17, 15) is 29.2 Å². The van der Waals surface area contributed by atoms with Gasteiger partial charge in [0.05, 0.1) is 98.9 Å². The van der Waals surface area contributed by atoms with Crippen molar-refractivity contribution in [3.05, 3.63) is 40.9 Å². The van der Waals surface area contributed by atoms with Gasteiger partial charge in [-0.05, 0) is 31.5 Å². The van der Waals surface area contributed by atoms with E-state index in [1.54, 1.807) is 0 Å². The van der Waals surface area contributed by atoms with Gasteiger partial charge in [-0.15, -0.1) is 4.91 Å². The van der Waals surface area contributed by atoms with E-state index >= 15 is 0 Å². The summed E-state index contributed by atoms with van der Waals surface area (Å²) in [6, 6.07) is 8.09. The summed E-state index contributed by atoms with van der Waals surface area (Å²) in [5.41, 5.74) is 5.14. The Bertz CT molecular complexity index is 1430. The molecule has 1 heterocycles. The molecule has 0 radical (unpaired) electrons. The Kier molecular flexibility index (Phi) is 24.5. The first-order valence-electron chi connectivity index (χ1n) is 18.4. The lowest BCUT2D eigenvalue weighted by Gasteiger charge is -2.21. The Morgan fingerprint density at radius 1 is 0.818 bits per heavy atom. The van der Waals surface area contributed by atoms with Crippen molar-refractivity contribution in [2.24, 2.45) is 5.18 Å². The minimum Gasteiger partial charge on any atom is -0.394 e. The topological polar surface area (TPSA) is 221 Å². The van der Waals surface area contributed by atoms with Crippen molar-refractivity contribution in [2.45, 2.75) is 44.9 Å². The number of rotatable bonds is 32. The lowest BCUT2D eigenvalue weighted by Crippen LogP contribution is -2.49. The van der Waals surface area contributed by atoms with E-state index in [1.807, 2.05) is 43.4 Å². The average molecular weight is 782 g/mol. The number of nitroso groups, excluding NO2 is 1. The molecule has 0 aliphatic carbocycles. The summed E-state index contributed by atoms with van der Waals surface area (Å²) in [5, 5.41) is 20.4. The number of hydrogen-bond donors (Lipinski definition) is 4. The molecule has 0 spiro atoms. The molecule has 310 valence electrons. The summed E-state index contributed by atoms with van der Waals surface area (Å²) in [6.07, 6.45) is 0.207. The quantitative estimate of drug-likeness (QED) is 0.0430. The van der Waals surface area contributed by atoms with Gasteiger partial charge < -0.3 is 53.6 Å². The van der Waals surface area contributed by atoms with Gasteiger partial charge in [-0.25, -0.2) is 5.01 Å². The summed E-state index contributed by atoms with van der Waals surface area (Å²) in [5.74, 6) is -2.06. The number of aromatic nitrogens is 1. The van der Waals surface area contributed by atoms with Crippen molar-refractivity contribution in [2.75, 3.05) is 114 Å². The molecular formula is C36H59N7O12. The number of amides is 4. The number of aliphatic hydroxyl groups is 1. The molecule has 2 atom stereocenters. The zero-order valence-corrected chi connectivity index (χ0v) is 32.5. The van der Waals surface area contributed by atoms with Crippen LogP contribution in [0, 0.1) is 4.91 Å². The highest BCUT2D eigenvalue weighted by molar-refractivity contribution is 5.88. The molecule has 1 aromatic heterocycles. The van der Waals surface area contributed by atoms with E-state index < -0.39 is 30.5 Å². The second-order valence-corrected chi connectivity index (χ2v) is 12.3. The Hall–Kier alpha value is -3.92. The zero-order valence-electron chi connectivity index (χ0n) is 32.5. The number of nitrogens with zero attached hydrogens (tertiary/aromatic N) is 4. The fourth-order valence-corrected chi connectivity index (χ4v) is 5.02. The lowest BCUT2D eigenvalue weighted by molar-refractivity contribution is -0.138. The molecule has 1 aromatic carbocycles. The van der Waals surface area contributed by atoms with Crippen LogP contribution < -0.4 is 16.1 Å². The van der Waals surface area contributed by atoms with E-state index in [-0.39, 0.29) is 44.4 Å². The van der Waals surface area contributed by atoms with Gasteiger partial charge in [-0.1, -0.05) is 18.2 Å². The summed E-state index contributed by atoms with van der Waals surface area (Å²) in [7, 11) is 5.21. The number of carbonyl (C=O) groups excluding carboxylic acids is 4. The van der Waals surface area contributed by atoms with Crippen LogP contribution in [-0.2, 0) is 60.7 Å². The number of ether oxygens (including phenoxy) is 6. The van der Waals surface area contributed by atoms with E-state index in [1.165, 1.54) is 18.9 Å². The number of carbonyl (C=O) groups is 4. The molecule has 4 N–H and O–H groups in total. The molecule has 0 unspecified atom stereocenters. The van der Waals surface area contributed by atoms with Crippen LogP contribution in [0.5, 0.6) is 0 Å². The Balaban J connectivity index is 1.41. The van der Waals surface area contributed by atoms with Gasteiger partial charge in [0.15, 0.2) is 0 Å². The fraction of sp³-hybridized carbons (Fsp3) is 0.667. The third kappa shape index (κ3) is 19.0. The van der Waals surface area contributed by atoms with Crippen LogP contribution >= 0.6 is 0 Å². The molecule has 4 amide bonds. The van der Waals surface area contributed by atoms with Crippen LogP contribution in [0.25, 0.3) is 10.9 Å². The fourth-order valence-electron chi connectivity index (χ4n) is 5.02. The van der Waals surface area contributed by atoms with Crippen LogP contribution in [-0.4, -0.2) is 169 Å². The lowest BCUT2D eigenvalue weighted by atomic mass is 10.2. The first kappa shape index (κ1) is 47.2. The number of likely N-dealkylation sites (N-methyl/N-ethyl adjacent to an activating group) is 1. The van der Waals surface area contributed by atoms with Crippen LogP contribution in [0.3, 0.4) is 0 Å². The van der Waals surface area contributed by atoms with E-state index in [0.717, 1.165) is 16.6 Å². The summed E-state index contributed by atoms with van der Waals surface area (Å²) >= 11 is 0. The Labute approximate surface area is 322 Å². The molecule has 2 rings (SSSR count). The van der Waals surface area contributed by atoms with Crippen molar-refractivity contribution < 1.29 is 52.7 Å². The van der Waals surface area contributed by atoms with E-state index in [0.29, 0.717) is 79.2 Å². The van der Waals surface area contributed by atoms with Crippen LogP contribution in [0.2, 0.25) is 0 Å². The van der Waals surface area contributed by atoms with Crippen molar-refractivity contribution in [3.8, 4) is 0 Å². The number of fused-ring (bicyclic) bond motifs is 1. The largest absolute Gasteiger partial charge is 0.394 e. The van der Waals surface area contributed by atoms with Gasteiger partial charge in [0.1, 0.15) is 12.1 Å². The van der Waals surface area contributed by atoms with Crippen LogP contribution in [0.1, 0.15) is 25.5 Å². The Morgan fingerprint density at radius 2 is 1.36 bits per heavy atom. The predicted molar refractivity (Wildman–Crippen MR) is 202 cm³/mol. The maximum absolute atomic E-state index is 12.7. The molecule has 0 aliphatic heterocycles. The molecule has 19 heteroatoms. The highest BCUT2D eigenvalue weighted by Gasteiger charge is 2.23. The van der Waals surface area contributed by atoms with Gasteiger partial charge in [0.2, 0.25) is 17.7 Å². The molecule has 55 heavy (non-hydrogen) atoms. The summed E-state index contributed by atoms with van der Waals surface area (Å²) in [4.78, 5) is 60.0. The van der Waals surface area contributed by atoms with E-state index in [4.69, 9.17) is 28.4 Å². The number of hydrazine groups is 1. The summed E-state index contributed by atoms with van der Waals surface area (Å²) < 4.78 is 34.7. The predicted octanol–water partition coefficient (Wildman–Crippen LogP) is -0.179. The van der Waals surface area contributed by atoms with Crippen molar-refractivity contribution >= 4 is 34.5 Å². The smallest absolute Gasteiger partial charge is 0.308 e. The van der Waals surface area contributed by atoms with Gasteiger partial charge in [0.25, 0.3) is 0 Å². The van der Waals surface area contributed by atoms with Gasteiger partial charge in [-0.2, -0.15) is 0 Å².